The molecule has 0 heterocycles. The number of hydrogen-bond donors (Lipinski definition) is 2. The second kappa shape index (κ2) is 5.38. The lowest BCUT2D eigenvalue weighted by Gasteiger charge is -2.24. The Bertz CT molecular complexity index is 679. The molecule has 2 aromatic carbocycles. The molecule has 7 heteroatoms. The maximum absolute atomic E-state index is 13.8. The topological polar surface area (TPSA) is 49.5 Å². The molecule has 0 bridgehead atoms. The number of benzene rings is 2. The van der Waals surface area contributed by atoms with Crippen LogP contribution in [0.3, 0.4) is 0 Å². The van der Waals surface area contributed by atoms with Crippen molar-refractivity contribution in [1.82, 2.24) is 0 Å². The minimum absolute atomic E-state index is 0.0821. The van der Waals surface area contributed by atoms with Crippen molar-refractivity contribution in [1.29, 1.82) is 0 Å². The first kappa shape index (κ1) is 14.1. The summed E-state index contributed by atoms with van der Waals surface area (Å²) in [5, 5.41) is 9.33. The molecule has 3 N–H and O–H groups in total. The minimum Gasteiger partial charge on any atom is -0.503 e. The van der Waals surface area contributed by atoms with E-state index >= 15 is 0 Å². The van der Waals surface area contributed by atoms with Crippen LogP contribution in [0, 0.1) is 17.5 Å². The molecule has 20 heavy (non-hydrogen) atoms. The number of hydrogen-bond acceptors (Lipinski definition) is 2. The van der Waals surface area contributed by atoms with Gasteiger partial charge in [-0.15, -0.1) is 0 Å². The first-order valence-corrected chi connectivity index (χ1v) is 5.85. The van der Waals surface area contributed by atoms with Gasteiger partial charge in [-0.25, -0.2) is 8.78 Å². The van der Waals surface area contributed by atoms with Gasteiger partial charge in [-0.3, -0.25) is 4.90 Å². The lowest BCUT2D eigenvalue weighted by atomic mass is 10.2. The molecule has 0 fully saturated rings. The van der Waals surface area contributed by atoms with Crippen LogP contribution in [0.4, 0.5) is 24.5 Å². The van der Waals surface area contributed by atoms with Crippen molar-refractivity contribution in [3.63, 3.8) is 0 Å². The van der Waals surface area contributed by atoms with Crippen molar-refractivity contribution in [2.24, 2.45) is 5.73 Å². The second-order valence-electron chi connectivity index (χ2n) is 3.85. The summed E-state index contributed by atoms with van der Waals surface area (Å²) in [6.07, 6.45) is 0. The molecular formula is C13H9F3N2OS. The summed E-state index contributed by atoms with van der Waals surface area (Å²) in [6, 6.07) is 7.30. The zero-order valence-corrected chi connectivity index (χ0v) is 10.8. The molecule has 0 aliphatic carbocycles. The van der Waals surface area contributed by atoms with Gasteiger partial charge in [-0.05, 0) is 36.5 Å². The fourth-order valence-corrected chi connectivity index (χ4v) is 1.91. The number of nitrogens with two attached hydrogens (primary N) is 1. The number of phenolic OH excluding ortho intramolecular Hbond substituents is 1. The Morgan fingerprint density at radius 3 is 2.25 bits per heavy atom. The molecule has 104 valence electrons. The summed E-state index contributed by atoms with van der Waals surface area (Å²) in [5.41, 5.74) is 5.16. The van der Waals surface area contributed by atoms with E-state index in [-0.39, 0.29) is 16.5 Å². The predicted octanol–water partition coefficient (Wildman–Crippen LogP) is 3.19. The van der Waals surface area contributed by atoms with Crippen LogP contribution in [0.15, 0.2) is 36.4 Å². The molecule has 0 radical (unpaired) electrons. The largest absolute Gasteiger partial charge is 0.503 e. The van der Waals surface area contributed by atoms with Gasteiger partial charge in [0.2, 0.25) is 5.82 Å². The number of thiocarbonyl (C=S) groups is 1. The van der Waals surface area contributed by atoms with Crippen LogP contribution in [0.25, 0.3) is 0 Å². The highest BCUT2D eigenvalue weighted by molar-refractivity contribution is 7.80. The van der Waals surface area contributed by atoms with Gasteiger partial charge in [0.15, 0.2) is 16.7 Å². The number of halogens is 3. The zero-order chi connectivity index (χ0) is 14.9. The summed E-state index contributed by atoms with van der Waals surface area (Å²) in [6.45, 7) is 0. The molecule has 0 aromatic heterocycles. The van der Waals surface area contributed by atoms with Crippen molar-refractivity contribution in [2.45, 2.75) is 0 Å². The highest BCUT2D eigenvalue weighted by Crippen LogP contribution is 2.36. The third-order valence-corrected chi connectivity index (χ3v) is 2.78. The number of aromatic hydroxyl groups is 1. The number of phenols is 1. The van der Waals surface area contributed by atoms with Crippen LogP contribution in [0.2, 0.25) is 0 Å². The van der Waals surface area contributed by atoms with E-state index in [4.69, 9.17) is 18.0 Å². The van der Waals surface area contributed by atoms with Gasteiger partial charge in [0.25, 0.3) is 0 Å². The highest BCUT2D eigenvalue weighted by Gasteiger charge is 2.22. The van der Waals surface area contributed by atoms with Gasteiger partial charge in [0, 0.05) is 0 Å². The Kier molecular flexibility index (Phi) is 3.80. The van der Waals surface area contributed by atoms with Gasteiger partial charge in [0.1, 0.15) is 5.82 Å². The molecule has 0 saturated heterocycles. The minimum atomic E-state index is -1.46. The van der Waals surface area contributed by atoms with Crippen LogP contribution in [-0.2, 0) is 0 Å². The summed E-state index contributed by atoms with van der Waals surface area (Å²) in [4.78, 5) is 0.919. The lowest BCUT2D eigenvalue weighted by molar-refractivity contribution is 0.408. The van der Waals surface area contributed by atoms with Crippen LogP contribution in [-0.4, -0.2) is 10.2 Å². The van der Waals surface area contributed by atoms with Crippen molar-refractivity contribution in [3.8, 4) is 5.75 Å². The van der Waals surface area contributed by atoms with Crippen LogP contribution in [0.1, 0.15) is 0 Å². The maximum atomic E-state index is 13.8. The first-order chi connectivity index (χ1) is 9.43. The smallest absolute Gasteiger partial charge is 0.202 e. The fraction of sp³-hybridized carbons (Fsp3) is 0. The third-order valence-electron chi connectivity index (χ3n) is 2.60. The summed E-state index contributed by atoms with van der Waals surface area (Å²) < 4.78 is 40.2. The average molecular weight is 298 g/mol. The highest BCUT2D eigenvalue weighted by atomic mass is 32.1. The van der Waals surface area contributed by atoms with Crippen LogP contribution >= 0.6 is 12.2 Å². The van der Waals surface area contributed by atoms with E-state index in [2.05, 4.69) is 0 Å². The number of anilines is 2. The van der Waals surface area contributed by atoms with Gasteiger partial charge >= 0.3 is 0 Å². The van der Waals surface area contributed by atoms with Crippen LogP contribution < -0.4 is 10.6 Å². The van der Waals surface area contributed by atoms with Crippen molar-refractivity contribution >= 4 is 28.7 Å². The maximum Gasteiger partial charge on any atom is 0.202 e. The predicted molar refractivity (Wildman–Crippen MR) is 73.3 cm³/mol. The van der Waals surface area contributed by atoms with Crippen molar-refractivity contribution in [3.05, 3.63) is 53.8 Å². The number of para-hydroxylation sites is 1. The standard InChI is InChI=1S/C13H9F3N2OS/c14-7-3-1-2-4-9(7)18(13(17)20)10-6-5-8(15)11(16)12(10)19/h1-6,19H,(H2,17,20). The average Bonchev–Trinajstić information content (AvgIpc) is 2.41. The summed E-state index contributed by atoms with van der Waals surface area (Å²) >= 11 is 4.79. The van der Waals surface area contributed by atoms with E-state index in [1.807, 2.05) is 0 Å². The van der Waals surface area contributed by atoms with Gasteiger partial charge in [-0.2, -0.15) is 4.39 Å². The SMILES string of the molecule is NC(=S)N(c1ccccc1F)c1ccc(F)c(F)c1O. The van der Waals surface area contributed by atoms with Crippen molar-refractivity contribution in [2.75, 3.05) is 4.90 Å². The van der Waals surface area contributed by atoms with E-state index in [9.17, 15) is 18.3 Å². The number of nitrogens with zero attached hydrogens (tertiary/aromatic N) is 1. The molecule has 0 saturated carbocycles. The molecule has 0 atom stereocenters. The number of rotatable bonds is 2. The Hall–Kier alpha value is -2.28. The van der Waals surface area contributed by atoms with E-state index in [0.29, 0.717) is 0 Å². The Balaban J connectivity index is 2.65. The quantitative estimate of drug-likeness (QED) is 0.836. The van der Waals surface area contributed by atoms with Gasteiger partial charge in [-0.1, -0.05) is 12.1 Å². The molecule has 0 spiro atoms. The second-order valence-corrected chi connectivity index (χ2v) is 4.27. The molecule has 2 aromatic rings. The Morgan fingerprint density at radius 1 is 1.00 bits per heavy atom. The third kappa shape index (κ3) is 2.39. The van der Waals surface area contributed by atoms with Gasteiger partial charge in [0.05, 0.1) is 11.4 Å². The lowest BCUT2D eigenvalue weighted by Crippen LogP contribution is -2.32. The molecular weight excluding hydrogens is 289 g/mol. The van der Waals surface area contributed by atoms with E-state index < -0.39 is 23.2 Å². The molecule has 0 aliphatic rings. The molecule has 0 aliphatic heterocycles. The molecule has 0 unspecified atom stereocenters. The fourth-order valence-electron chi connectivity index (χ4n) is 1.71. The zero-order valence-electron chi connectivity index (χ0n) is 9.98. The Labute approximate surface area is 118 Å². The molecule has 2 rings (SSSR count). The molecule has 0 amide bonds. The molecule has 3 nitrogen and oxygen atoms in total. The monoisotopic (exact) mass is 298 g/mol. The Morgan fingerprint density at radius 2 is 1.65 bits per heavy atom. The van der Waals surface area contributed by atoms with E-state index in [0.717, 1.165) is 23.1 Å². The van der Waals surface area contributed by atoms with Gasteiger partial charge < -0.3 is 10.8 Å². The summed E-state index contributed by atoms with van der Waals surface area (Å²) in [7, 11) is 0. The van der Waals surface area contributed by atoms with Crippen molar-refractivity contribution < 1.29 is 18.3 Å². The summed E-state index contributed by atoms with van der Waals surface area (Å²) in [5.74, 6) is -4.37. The van der Waals surface area contributed by atoms with Crippen LogP contribution in [0.5, 0.6) is 5.75 Å². The first-order valence-electron chi connectivity index (χ1n) is 5.44. The normalized spacial score (nSPS) is 10.3. The van der Waals surface area contributed by atoms with E-state index in [1.165, 1.54) is 18.2 Å². The van der Waals surface area contributed by atoms with E-state index in [1.54, 1.807) is 0 Å².